The van der Waals surface area contributed by atoms with Crippen LogP contribution in [0.25, 0.3) is 0 Å². The molecule has 0 aromatic carbocycles. The first kappa shape index (κ1) is 12.6. The summed E-state index contributed by atoms with van der Waals surface area (Å²) in [6, 6.07) is 0. The molecule has 0 saturated carbocycles. The van der Waals surface area contributed by atoms with Crippen molar-refractivity contribution in [2.75, 3.05) is 0 Å². The van der Waals surface area contributed by atoms with Crippen LogP contribution in [-0.4, -0.2) is 16.9 Å². The van der Waals surface area contributed by atoms with Crippen molar-refractivity contribution in [2.45, 2.75) is 42.6 Å². The van der Waals surface area contributed by atoms with Gasteiger partial charge in [0.1, 0.15) is 0 Å². The van der Waals surface area contributed by atoms with Crippen LogP contribution >= 0.6 is 23.1 Å². The van der Waals surface area contributed by atoms with E-state index < -0.39 is 5.91 Å². The minimum atomic E-state index is -0.390. The number of hydrogen-bond donors (Lipinski definition) is 1. The minimum absolute atomic E-state index is 0.0790. The Kier molecular flexibility index (Phi) is 3.58. The number of Topliss-reactive ketones (excluding diaryl/α,β-unsaturated/α-hetero) is 1. The molecule has 1 amide bonds. The van der Waals surface area contributed by atoms with Gasteiger partial charge in [-0.15, -0.1) is 23.1 Å². The molecule has 1 aromatic heterocycles. The first-order valence-corrected chi connectivity index (χ1v) is 7.41. The molecule has 1 aromatic rings. The number of fused-ring (bicyclic) bond motifs is 1. The second-order valence-corrected chi connectivity index (χ2v) is 6.59. The Balaban J connectivity index is 2.46. The summed E-state index contributed by atoms with van der Waals surface area (Å²) in [5, 5.41) is -0.386. The third kappa shape index (κ3) is 2.13. The number of nitrogens with two attached hydrogens (primary N) is 1. The molecule has 1 atom stereocenters. The summed E-state index contributed by atoms with van der Waals surface area (Å²) in [6.45, 7) is 4.16. The van der Waals surface area contributed by atoms with Gasteiger partial charge in [0.05, 0.1) is 9.46 Å². The Morgan fingerprint density at radius 2 is 2.12 bits per heavy atom. The van der Waals surface area contributed by atoms with E-state index in [2.05, 4.69) is 13.8 Å². The maximum absolute atomic E-state index is 12.1. The van der Waals surface area contributed by atoms with Gasteiger partial charge in [0.15, 0.2) is 5.78 Å². The van der Waals surface area contributed by atoms with Crippen LogP contribution in [0.3, 0.4) is 0 Å². The van der Waals surface area contributed by atoms with E-state index >= 15 is 0 Å². The fourth-order valence-electron chi connectivity index (χ4n) is 2.11. The average molecular weight is 269 g/mol. The maximum Gasteiger partial charge on any atom is 0.231 e. The molecule has 17 heavy (non-hydrogen) atoms. The van der Waals surface area contributed by atoms with E-state index in [1.807, 2.05) is 0 Å². The lowest BCUT2D eigenvalue weighted by atomic mass is 10.0. The second kappa shape index (κ2) is 4.82. The van der Waals surface area contributed by atoms with E-state index in [4.69, 9.17) is 5.73 Å². The fourth-order valence-corrected chi connectivity index (χ4v) is 5.00. The molecule has 3 nitrogen and oxygen atoms in total. The number of carbonyl (C=O) groups is 2. The minimum Gasteiger partial charge on any atom is -0.369 e. The second-order valence-electron chi connectivity index (χ2n) is 4.01. The van der Waals surface area contributed by atoms with Gasteiger partial charge >= 0.3 is 0 Å². The maximum atomic E-state index is 12.1. The van der Waals surface area contributed by atoms with Gasteiger partial charge in [0.25, 0.3) is 0 Å². The zero-order valence-electron chi connectivity index (χ0n) is 9.91. The standard InChI is InChI=1S/C12H15NO2S2/c1-3-6-8(4-2)16-12-10(6)7(14)5-9(17-12)11(13)15/h9H,3-5H2,1-2H3,(H2,13,15). The molecule has 0 spiro atoms. The summed E-state index contributed by atoms with van der Waals surface area (Å²) >= 11 is 3.10. The number of ketones is 1. The largest absolute Gasteiger partial charge is 0.369 e. The van der Waals surface area contributed by atoms with Gasteiger partial charge < -0.3 is 5.73 Å². The lowest BCUT2D eigenvalue weighted by Gasteiger charge is -2.18. The third-order valence-electron chi connectivity index (χ3n) is 2.95. The molecule has 0 saturated heterocycles. The van der Waals surface area contributed by atoms with E-state index in [0.29, 0.717) is 0 Å². The molecular weight excluding hydrogens is 254 g/mol. The zero-order chi connectivity index (χ0) is 12.6. The van der Waals surface area contributed by atoms with E-state index in [1.165, 1.54) is 22.2 Å². The molecular formula is C12H15NO2S2. The summed E-state index contributed by atoms with van der Waals surface area (Å²) in [4.78, 5) is 24.6. The molecule has 0 aliphatic carbocycles. The van der Waals surface area contributed by atoms with Crippen molar-refractivity contribution in [1.82, 2.24) is 0 Å². The first-order valence-electron chi connectivity index (χ1n) is 5.72. The Bertz CT molecular complexity index is 479. The van der Waals surface area contributed by atoms with Crippen molar-refractivity contribution < 1.29 is 9.59 Å². The molecule has 2 heterocycles. The number of thioether (sulfide) groups is 1. The van der Waals surface area contributed by atoms with Crippen molar-refractivity contribution in [3.63, 3.8) is 0 Å². The van der Waals surface area contributed by atoms with Crippen molar-refractivity contribution in [1.29, 1.82) is 0 Å². The Morgan fingerprint density at radius 3 is 2.65 bits per heavy atom. The molecule has 0 radical (unpaired) electrons. The molecule has 1 aliphatic rings. The molecule has 0 bridgehead atoms. The van der Waals surface area contributed by atoms with Crippen molar-refractivity contribution in [2.24, 2.45) is 5.73 Å². The number of thiophene rings is 1. The molecule has 2 rings (SSSR count). The van der Waals surface area contributed by atoms with E-state index in [0.717, 1.165) is 22.6 Å². The Hall–Kier alpha value is -0.810. The van der Waals surface area contributed by atoms with Gasteiger partial charge in [0, 0.05) is 16.9 Å². The molecule has 1 unspecified atom stereocenters. The number of carbonyl (C=O) groups excluding carboxylic acids is 2. The lowest BCUT2D eigenvalue weighted by Crippen LogP contribution is -2.30. The molecule has 0 fully saturated rings. The topological polar surface area (TPSA) is 60.2 Å². The lowest BCUT2D eigenvalue weighted by molar-refractivity contribution is -0.117. The summed E-state index contributed by atoms with van der Waals surface area (Å²) in [5.41, 5.74) is 7.32. The Labute approximate surface area is 109 Å². The third-order valence-corrected chi connectivity index (χ3v) is 5.76. The van der Waals surface area contributed by atoms with E-state index in [1.54, 1.807) is 11.3 Å². The predicted octanol–water partition coefficient (Wildman–Crippen LogP) is 2.41. The fraction of sp³-hybridized carbons (Fsp3) is 0.500. The highest BCUT2D eigenvalue weighted by atomic mass is 32.2. The highest BCUT2D eigenvalue weighted by Gasteiger charge is 2.33. The molecule has 5 heteroatoms. The normalized spacial score (nSPS) is 19.2. The van der Waals surface area contributed by atoms with Crippen molar-refractivity contribution in [3.8, 4) is 0 Å². The smallest absolute Gasteiger partial charge is 0.231 e. The van der Waals surface area contributed by atoms with Gasteiger partial charge in [-0.25, -0.2) is 0 Å². The van der Waals surface area contributed by atoms with Crippen LogP contribution in [0.15, 0.2) is 4.21 Å². The van der Waals surface area contributed by atoms with Crippen LogP contribution in [0.1, 0.15) is 41.1 Å². The van der Waals surface area contributed by atoms with Crippen LogP contribution in [0.2, 0.25) is 0 Å². The molecule has 1 aliphatic heterocycles. The predicted molar refractivity (Wildman–Crippen MR) is 70.9 cm³/mol. The average Bonchev–Trinajstić information content (AvgIpc) is 2.66. The van der Waals surface area contributed by atoms with Crippen molar-refractivity contribution in [3.05, 3.63) is 16.0 Å². The van der Waals surface area contributed by atoms with Crippen molar-refractivity contribution >= 4 is 34.8 Å². The number of aryl methyl sites for hydroxylation is 1. The highest BCUT2D eigenvalue weighted by molar-refractivity contribution is 8.02. The number of hydrogen-bond acceptors (Lipinski definition) is 4. The summed E-state index contributed by atoms with van der Waals surface area (Å²) in [7, 11) is 0. The van der Waals surface area contributed by atoms with Crippen LogP contribution < -0.4 is 5.73 Å². The summed E-state index contributed by atoms with van der Waals surface area (Å²) in [6.07, 6.45) is 2.07. The zero-order valence-corrected chi connectivity index (χ0v) is 11.5. The van der Waals surface area contributed by atoms with E-state index in [-0.39, 0.29) is 17.5 Å². The summed E-state index contributed by atoms with van der Waals surface area (Å²) in [5.74, 6) is -0.311. The number of rotatable bonds is 3. The SMILES string of the molecule is CCc1sc2c(c1CC)C(=O)CC(C(N)=O)S2. The van der Waals surface area contributed by atoms with Crippen LogP contribution in [0.5, 0.6) is 0 Å². The van der Waals surface area contributed by atoms with Crippen LogP contribution in [0, 0.1) is 0 Å². The quantitative estimate of drug-likeness (QED) is 0.916. The molecule has 2 N–H and O–H groups in total. The monoisotopic (exact) mass is 269 g/mol. The number of amides is 1. The van der Waals surface area contributed by atoms with E-state index in [9.17, 15) is 9.59 Å². The van der Waals surface area contributed by atoms with Gasteiger partial charge in [-0.05, 0) is 18.4 Å². The van der Waals surface area contributed by atoms with Gasteiger partial charge in [-0.2, -0.15) is 0 Å². The first-order chi connectivity index (χ1) is 8.08. The number of primary amides is 1. The molecule has 92 valence electrons. The van der Waals surface area contributed by atoms with Crippen LogP contribution in [-0.2, 0) is 17.6 Å². The van der Waals surface area contributed by atoms with Gasteiger partial charge in [0.2, 0.25) is 5.91 Å². The Morgan fingerprint density at radius 1 is 1.41 bits per heavy atom. The summed E-state index contributed by atoms with van der Waals surface area (Å²) < 4.78 is 0.985. The highest BCUT2D eigenvalue weighted by Crippen LogP contribution is 2.44. The van der Waals surface area contributed by atoms with Crippen LogP contribution in [0.4, 0.5) is 0 Å². The van der Waals surface area contributed by atoms with Gasteiger partial charge in [-0.3, -0.25) is 9.59 Å². The van der Waals surface area contributed by atoms with Gasteiger partial charge in [-0.1, -0.05) is 13.8 Å².